The Morgan fingerprint density at radius 1 is 1.47 bits per heavy atom. The number of benzene rings is 1. The Balaban J connectivity index is 2.05. The van der Waals surface area contributed by atoms with Gasteiger partial charge in [0, 0.05) is 19.6 Å². The lowest BCUT2D eigenvalue weighted by Crippen LogP contribution is -2.38. The Bertz CT molecular complexity index is 450. The first-order valence-corrected chi connectivity index (χ1v) is 6.85. The van der Waals surface area contributed by atoms with Crippen LogP contribution < -0.4 is 5.32 Å². The van der Waals surface area contributed by atoms with Crippen molar-refractivity contribution < 1.29 is 9.18 Å². The average Bonchev–Trinajstić information content (AvgIpc) is 2.81. The van der Waals surface area contributed by atoms with Crippen molar-refractivity contribution in [2.75, 3.05) is 19.6 Å². The topological polar surface area (TPSA) is 32.3 Å². The number of carbonyl (C=O) groups excluding carboxylic acids is 1. The van der Waals surface area contributed by atoms with Crippen LogP contribution in [-0.4, -0.2) is 30.4 Å². The Hall–Kier alpha value is -1.42. The summed E-state index contributed by atoms with van der Waals surface area (Å²) in [5.41, 5.74) is 0.841. The average molecular weight is 264 g/mol. The fourth-order valence-corrected chi connectivity index (χ4v) is 2.58. The van der Waals surface area contributed by atoms with Gasteiger partial charge in [0.25, 0.3) is 0 Å². The van der Waals surface area contributed by atoms with Crippen molar-refractivity contribution in [1.29, 1.82) is 0 Å². The molecule has 1 N–H and O–H groups in total. The van der Waals surface area contributed by atoms with Gasteiger partial charge in [-0.2, -0.15) is 0 Å². The van der Waals surface area contributed by atoms with Gasteiger partial charge in [0.05, 0.1) is 5.92 Å². The van der Waals surface area contributed by atoms with Crippen molar-refractivity contribution in [3.63, 3.8) is 0 Å². The van der Waals surface area contributed by atoms with E-state index in [1.165, 1.54) is 12.1 Å². The summed E-state index contributed by atoms with van der Waals surface area (Å²) < 4.78 is 13.2. The predicted molar refractivity (Wildman–Crippen MR) is 73.0 cm³/mol. The second-order valence-electron chi connectivity index (χ2n) is 5.22. The molecule has 1 aliphatic rings. The molecule has 2 rings (SSSR count). The molecule has 0 aromatic heterocycles. The molecule has 0 aliphatic carbocycles. The highest BCUT2D eigenvalue weighted by atomic mass is 19.1. The lowest BCUT2D eigenvalue weighted by molar-refractivity contribution is -0.136. The number of amides is 1. The summed E-state index contributed by atoms with van der Waals surface area (Å²) in [5, 5.41) is 3.25. The minimum atomic E-state index is -0.253. The van der Waals surface area contributed by atoms with Crippen LogP contribution in [0.5, 0.6) is 0 Å². The maximum absolute atomic E-state index is 13.2. The van der Waals surface area contributed by atoms with Crippen LogP contribution in [0.1, 0.15) is 19.4 Å². The molecule has 104 valence electrons. The van der Waals surface area contributed by atoms with Crippen molar-refractivity contribution in [2.24, 2.45) is 11.8 Å². The largest absolute Gasteiger partial charge is 0.338 e. The van der Waals surface area contributed by atoms with E-state index in [1.54, 1.807) is 6.07 Å². The molecule has 0 radical (unpaired) electrons. The highest BCUT2D eigenvalue weighted by Crippen LogP contribution is 2.20. The normalized spacial score (nSPS) is 22.5. The van der Waals surface area contributed by atoms with Crippen LogP contribution >= 0.6 is 0 Å². The van der Waals surface area contributed by atoms with E-state index in [4.69, 9.17) is 0 Å². The number of hydrogen-bond acceptors (Lipinski definition) is 2. The van der Waals surface area contributed by atoms with Gasteiger partial charge in [0.1, 0.15) is 5.82 Å². The van der Waals surface area contributed by atoms with Crippen molar-refractivity contribution in [2.45, 2.75) is 20.4 Å². The summed E-state index contributed by atoms with van der Waals surface area (Å²) in [6, 6.07) is 6.45. The summed E-state index contributed by atoms with van der Waals surface area (Å²) in [7, 11) is 0. The van der Waals surface area contributed by atoms with E-state index in [1.807, 2.05) is 17.9 Å². The standard InChI is InChI=1S/C15H21FN2O/c1-3-18(10-12-5-4-6-13(16)7-12)15(19)14-9-17-8-11(14)2/h4-7,11,14,17H,3,8-10H2,1-2H3. The summed E-state index contributed by atoms with van der Waals surface area (Å²) in [6.07, 6.45) is 0. The third kappa shape index (κ3) is 3.32. The van der Waals surface area contributed by atoms with Gasteiger partial charge in [-0.1, -0.05) is 19.1 Å². The van der Waals surface area contributed by atoms with E-state index < -0.39 is 0 Å². The fraction of sp³-hybridized carbons (Fsp3) is 0.533. The van der Waals surface area contributed by atoms with Crippen LogP contribution in [0.4, 0.5) is 4.39 Å². The smallest absolute Gasteiger partial charge is 0.227 e. The van der Waals surface area contributed by atoms with E-state index in [-0.39, 0.29) is 17.6 Å². The van der Waals surface area contributed by atoms with Crippen molar-refractivity contribution >= 4 is 5.91 Å². The molecule has 0 bridgehead atoms. The molecule has 0 saturated carbocycles. The SMILES string of the molecule is CCN(Cc1cccc(F)c1)C(=O)C1CNCC1C. The monoisotopic (exact) mass is 264 g/mol. The van der Waals surface area contributed by atoms with Gasteiger partial charge in [0.2, 0.25) is 5.91 Å². The molecule has 1 aliphatic heterocycles. The number of rotatable bonds is 4. The highest BCUT2D eigenvalue weighted by molar-refractivity contribution is 5.79. The van der Waals surface area contributed by atoms with Crippen LogP contribution in [0.15, 0.2) is 24.3 Å². The Morgan fingerprint density at radius 2 is 2.26 bits per heavy atom. The van der Waals surface area contributed by atoms with Gasteiger partial charge in [-0.15, -0.1) is 0 Å². The van der Waals surface area contributed by atoms with Gasteiger partial charge in [0.15, 0.2) is 0 Å². The number of halogens is 1. The molecule has 1 saturated heterocycles. The lowest BCUT2D eigenvalue weighted by Gasteiger charge is -2.26. The number of carbonyl (C=O) groups is 1. The zero-order chi connectivity index (χ0) is 13.8. The molecule has 0 spiro atoms. The van der Waals surface area contributed by atoms with Gasteiger partial charge in [-0.05, 0) is 37.1 Å². The second kappa shape index (κ2) is 6.15. The molecule has 4 heteroatoms. The second-order valence-corrected chi connectivity index (χ2v) is 5.22. The molecule has 1 aromatic rings. The maximum atomic E-state index is 13.2. The molecule has 1 amide bonds. The minimum Gasteiger partial charge on any atom is -0.338 e. The maximum Gasteiger partial charge on any atom is 0.227 e. The van der Waals surface area contributed by atoms with Crippen LogP contribution in [0.25, 0.3) is 0 Å². The first-order chi connectivity index (χ1) is 9.11. The molecule has 1 aromatic carbocycles. The predicted octanol–water partition coefficient (Wildman–Crippen LogP) is 2.03. The van der Waals surface area contributed by atoms with Gasteiger partial charge in [-0.3, -0.25) is 4.79 Å². The third-order valence-corrected chi connectivity index (χ3v) is 3.79. The summed E-state index contributed by atoms with van der Waals surface area (Å²) in [4.78, 5) is 14.3. The lowest BCUT2D eigenvalue weighted by atomic mass is 9.96. The highest BCUT2D eigenvalue weighted by Gasteiger charge is 2.32. The van der Waals surface area contributed by atoms with E-state index in [2.05, 4.69) is 12.2 Å². The van der Waals surface area contributed by atoms with Crippen LogP contribution in [0.2, 0.25) is 0 Å². The van der Waals surface area contributed by atoms with E-state index >= 15 is 0 Å². The first kappa shape index (κ1) is 14.0. The molecular formula is C15H21FN2O. The first-order valence-electron chi connectivity index (χ1n) is 6.85. The number of nitrogens with zero attached hydrogens (tertiary/aromatic N) is 1. The zero-order valence-corrected chi connectivity index (χ0v) is 11.5. The molecule has 2 unspecified atom stereocenters. The van der Waals surface area contributed by atoms with Gasteiger partial charge < -0.3 is 10.2 Å². The summed E-state index contributed by atoms with van der Waals surface area (Å²) in [6.45, 7) is 6.84. The van der Waals surface area contributed by atoms with Crippen molar-refractivity contribution in [3.8, 4) is 0 Å². The molecule has 19 heavy (non-hydrogen) atoms. The van der Waals surface area contributed by atoms with Gasteiger partial charge >= 0.3 is 0 Å². The summed E-state index contributed by atoms with van der Waals surface area (Å²) >= 11 is 0. The molecule has 2 atom stereocenters. The summed E-state index contributed by atoms with van der Waals surface area (Å²) in [5.74, 6) is 0.337. The van der Waals surface area contributed by atoms with E-state index in [0.717, 1.165) is 18.7 Å². The Kier molecular flexibility index (Phi) is 4.53. The fourth-order valence-electron chi connectivity index (χ4n) is 2.58. The Labute approximate surface area is 113 Å². The van der Waals surface area contributed by atoms with Crippen molar-refractivity contribution in [3.05, 3.63) is 35.6 Å². The Morgan fingerprint density at radius 3 is 2.84 bits per heavy atom. The number of hydrogen-bond donors (Lipinski definition) is 1. The van der Waals surface area contributed by atoms with Crippen LogP contribution in [0, 0.1) is 17.7 Å². The zero-order valence-electron chi connectivity index (χ0n) is 11.5. The van der Waals surface area contributed by atoms with Gasteiger partial charge in [-0.25, -0.2) is 4.39 Å². The quantitative estimate of drug-likeness (QED) is 0.902. The number of nitrogens with one attached hydrogen (secondary N) is 1. The molecule has 1 heterocycles. The van der Waals surface area contributed by atoms with Crippen molar-refractivity contribution in [1.82, 2.24) is 10.2 Å². The van der Waals surface area contributed by atoms with E-state index in [9.17, 15) is 9.18 Å². The van der Waals surface area contributed by atoms with Crippen LogP contribution in [0.3, 0.4) is 0 Å². The van der Waals surface area contributed by atoms with E-state index in [0.29, 0.717) is 19.0 Å². The molecule has 3 nitrogen and oxygen atoms in total. The minimum absolute atomic E-state index is 0.0495. The molecular weight excluding hydrogens is 243 g/mol. The molecule has 1 fully saturated rings. The van der Waals surface area contributed by atoms with Crippen LogP contribution in [-0.2, 0) is 11.3 Å². The third-order valence-electron chi connectivity index (χ3n) is 3.79.